The van der Waals surface area contributed by atoms with Crippen molar-refractivity contribution in [3.05, 3.63) is 83.9 Å². The topological polar surface area (TPSA) is 91.4 Å². The van der Waals surface area contributed by atoms with Gasteiger partial charge in [-0.2, -0.15) is 4.31 Å². The summed E-state index contributed by atoms with van der Waals surface area (Å²) >= 11 is 0. The molecule has 0 aromatic heterocycles. The Bertz CT molecular complexity index is 1530. The number of piperidine rings is 1. The van der Waals surface area contributed by atoms with Gasteiger partial charge < -0.3 is 19.7 Å². The average Bonchev–Trinajstić information content (AvgIpc) is 3.05. The fourth-order valence-corrected chi connectivity index (χ4v) is 7.03. The first-order valence-corrected chi connectivity index (χ1v) is 16.9. The minimum Gasteiger partial charge on any atom is -0.457 e. The molecule has 2 aliphatic rings. The monoisotopic (exact) mass is 678 g/mol. The molecule has 2 amide bonds. The van der Waals surface area contributed by atoms with Gasteiger partial charge in [-0.15, -0.1) is 12.4 Å². The molecule has 2 fully saturated rings. The number of nitrogens with one attached hydrogen (secondary N) is 1. The lowest BCUT2D eigenvalue weighted by atomic mass is 10.0. The predicted molar refractivity (Wildman–Crippen MR) is 175 cm³/mol. The number of urea groups is 1. The summed E-state index contributed by atoms with van der Waals surface area (Å²) < 4.78 is 65.8. The number of anilines is 1. The second-order valence-corrected chi connectivity index (χ2v) is 13.3. The van der Waals surface area contributed by atoms with Crippen LogP contribution in [0.15, 0.2) is 71.6 Å². The van der Waals surface area contributed by atoms with E-state index >= 15 is 0 Å². The van der Waals surface area contributed by atoms with Crippen LogP contribution in [0.2, 0.25) is 0 Å². The fraction of sp³-hybridized carbons (Fsp3) is 0.424. The molecule has 3 aromatic rings. The van der Waals surface area contributed by atoms with Gasteiger partial charge in [-0.25, -0.2) is 22.0 Å². The fourth-order valence-electron chi connectivity index (χ4n) is 5.62. The minimum atomic E-state index is -3.56. The second-order valence-electron chi connectivity index (χ2n) is 11.3. The van der Waals surface area contributed by atoms with Crippen molar-refractivity contribution in [3.8, 4) is 11.5 Å². The van der Waals surface area contributed by atoms with Gasteiger partial charge in [-0.3, -0.25) is 4.90 Å². The first-order chi connectivity index (χ1) is 21.7. The summed E-state index contributed by atoms with van der Waals surface area (Å²) in [5, 5.41) is 2.63. The molecule has 0 bridgehead atoms. The Morgan fingerprint density at radius 1 is 0.957 bits per heavy atom. The van der Waals surface area contributed by atoms with Crippen LogP contribution in [0.5, 0.6) is 11.5 Å². The summed E-state index contributed by atoms with van der Waals surface area (Å²) in [5.41, 5.74) is 1.10. The molecule has 9 nitrogen and oxygen atoms in total. The summed E-state index contributed by atoms with van der Waals surface area (Å²) in [6.45, 7) is 6.49. The minimum absolute atomic E-state index is 0. The van der Waals surface area contributed by atoms with Crippen LogP contribution in [0.1, 0.15) is 38.2 Å². The first kappa shape index (κ1) is 35.6. The van der Waals surface area contributed by atoms with Crippen LogP contribution in [-0.4, -0.2) is 80.5 Å². The average molecular weight is 679 g/mol. The van der Waals surface area contributed by atoms with Gasteiger partial charge in [-0.1, -0.05) is 25.5 Å². The number of carbonyl (C=O) groups is 1. The van der Waals surface area contributed by atoms with Gasteiger partial charge in [0.05, 0.1) is 23.8 Å². The van der Waals surface area contributed by atoms with E-state index in [1.54, 1.807) is 29.2 Å². The number of benzene rings is 3. The first-order valence-electron chi connectivity index (χ1n) is 15.4. The molecule has 2 saturated heterocycles. The maximum absolute atomic E-state index is 14.2. The Kier molecular flexibility index (Phi) is 12.8. The number of morpholine rings is 1. The lowest BCUT2D eigenvalue weighted by Crippen LogP contribution is -2.49. The third-order valence-electron chi connectivity index (χ3n) is 8.18. The molecule has 1 N–H and O–H groups in total. The van der Waals surface area contributed by atoms with E-state index in [0.29, 0.717) is 44.3 Å². The number of likely N-dealkylation sites (tertiary alicyclic amines) is 1. The van der Waals surface area contributed by atoms with Gasteiger partial charge >= 0.3 is 6.03 Å². The molecule has 3 aromatic carbocycles. The maximum atomic E-state index is 14.2. The van der Waals surface area contributed by atoms with E-state index in [9.17, 15) is 22.0 Å². The van der Waals surface area contributed by atoms with Crippen LogP contribution in [0.4, 0.5) is 19.3 Å². The highest BCUT2D eigenvalue weighted by Crippen LogP contribution is 2.26. The summed E-state index contributed by atoms with van der Waals surface area (Å²) in [7, 11) is -3.56. The highest BCUT2D eigenvalue weighted by molar-refractivity contribution is 7.89. The lowest BCUT2D eigenvalue weighted by molar-refractivity contribution is 0.0730. The van der Waals surface area contributed by atoms with Gasteiger partial charge in [0.1, 0.15) is 23.1 Å². The third-order valence-corrected chi connectivity index (χ3v) is 10.1. The molecular weight excluding hydrogens is 638 g/mol. The molecule has 0 spiro atoms. The van der Waals surface area contributed by atoms with Crippen LogP contribution in [-0.2, 0) is 21.3 Å². The highest BCUT2D eigenvalue weighted by atomic mass is 35.5. The number of halogens is 3. The number of hydrogen-bond acceptors (Lipinski definition) is 6. The van der Waals surface area contributed by atoms with Gasteiger partial charge in [-0.05, 0) is 73.4 Å². The number of carbonyl (C=O) groups excluding carboxylic acids is 1. The van der Waals surface area contributed by atoms with E-state index in [1.165, 1.54) is 10.4 Å². The van der Waals surface area contributed by atoms with Gasteiger partial charge in [0.25, 0.3) is 0 Å². The third kappa shape index (κ3) is 9.16. The van der Waals surface area contributed by atoms with Crippen molar-refractivity contribution in [2.24, 2.45) is 0 Å². The van der Waals surface area contributed by atoms with Crippen molar-refractivity contribution in [1.29, 1.82) is 0 Å². The molecule has 2 heterocycles. The molecule has 5 rings (SSSR count). The summed E-state index contributed by atoms with van der Waals surface area (Å²) in [6, 6.07) is 17.1. The molecule has 0 unspecified atom stereocenters. The largest absolute Gasteiger partial charge is 0.457 e. The van der Waals surface area contributed by atoms with Crippen molar-refractivity contribution in [1.82, 2.24) is 14.1 Å². The predicted octanol–water partition coefficient (Wildman–Crippen LogP) is 6.50. The Balaban J connectivity index is 0.00000480. The molecular formula is C33H41ClF2N4O5S. The van der Waals surface area contributed by atoms with Crippen molar-refractivity contribution in [2.75, 3.05) is 51.3 Å². The van der Waals surface area contributed by atoms with E-state index in [-0.39, 0.29) is 35.1 Å². The zero-order chi connectivity index (χ0) is 31.8. The van der Waals surface area contributed by atoms with Gasteiger partial charge in [0.15, 0.2) is 0 Å². The van der Waals surface area contributed by atoms with Crippen molar-refractivity contribution in [3.63, 3.8) is 0 Å². The van der Waals surface area contributed by atoms with E-state index in [4.69, 9.17) is 9.47 Å². The van der Waals surface area contributed by atoms with Crippen LogP contribution in [0, 0.1) is 11.6 Å². The van der Waals surface area contributed by atoms with E-state index in [0.717, 1.165) is 63.0 Å². The zero-order valence-electron chi connectivity index (χ0n) is 25.9. The van der Waals surface area contributed by atoms with Crippen molar-refractivity contribution < 1.29 is 31.5 Å². The number of sulfonamides is 1. The number of ether oxygens (including phenoxy) is 2. The Morgan fingerprint density at radius 3 is 2.20 bits per heavy atom. The number of nitrogens with zero attached hydrogens (tertiary/aromatic N) is 3. The number of rotatable bonds is 11. The molecule has 46 heavy (non-hydrogen) atoms. The molecule has 2 aliphatic heterocycles. The number of hydrogen-bond donors (Lipinski definition) is 1. The normalized spacial score (nSPS) is 16.4. The van der Waals surface area contributed by atoms with Crippen LogP contribution in [0.25, 0.3) is 0 Å². The highest BCUT2D eigenvalue weighted by Gasteiger charge is 2.29. The molecule has 0 atom stereocenters. The standard InChI is InChI=1S/C33H40F2N4O5S.ClH/c1-2-3-16-39(33(40)36-32-13-6-26(34)23-31(32)35)27-14-17-37(18-15-27)24-25-4-7-28(8-5-25)44-29-9-11-30(12-10-29)45(41,42)38-19-21-43-22-20-38;/h4-13,23,27H,2-3,14-22,24H2,1H3,(H,36,40);1H. The molecule has 250 valence electrons. The second kappa shape index (κ2) is 16.5. The lowest BCUT2D eigenvalue weighted by Gasteiger charge is -2.38. The smallest absolute Gasteiger partial charge is 0.322 e. The van der Waals surface area contributed by atoms with Crippen molar-refractivity contribution in [2.45, 2.75) is 50.1 Å². The zero-order valence-corrected chi connectivity index (χ0v) is 27.5. The number of unbranched alkanes of at least 4 members (excludes halogenated alkanes) is 1. The Labute approximate surface area is 275 Å². The van der Waals surface area contributed by atoms with Gasteiger partial charge in [0, 0.05) is 51.4 Å². The summed E-state index contributed by atoms with van der Waals surface area (Å²) in [4.78, 5) is 17.5. The molecule has 0 saturated carbocycles. The van der Waals surface area contributed by atoms with Gasteiger partial charge in [0.2, 0.25) is 10.0 Å². The van der Waals surface area contributed by atoms with Crippen LogP contribution in [0.3, 0.4) is 0 Å². The maximum Gasteiger partial charge on any atom is 0.322 e. The Hall–Kier alpha value is -3.29. The Morgan fingerprint density at radius 2 is 1.59 bits per heavy atom. The summed E-state index contributed by atoms with van der Waals surface area (Å²) in [6.07, 6.45) is 3.35. The molecule has 13 heteroatoms. The number of amides is 2. The van der Waals surface area contributed by atoms with E-state index in [2.05, 4.69) is 17.1 Å². The quantitative estimate of drug-likeness (QED) is 0.249. The van der Waals surface area contributed by atoms with Crippen LogP contribution < -0.4 is 10.1 Å². The molecule has 0 aliphatic carbocycles. The van der Waals surface area contributed by atoms with Crippen LogP contribution >= 0.6 is 12.4 Å². The molecule has 0 radical (unpaired) electrons. The van der Waals surface area contributed by atoms with Crippen molar-refractivity contribution >= 4 is 34.1 Å². The SMILES string of the molecule is CCCCN(C(=O)Nc1ccc(F)cc1F)C1CCN(Cc2ccc(Oc3ccc(S(=O)(=O)N4CCOCC4)cc3)cc2)CC1.Cl. The van der Waals surface area contributed by atoms with E-state index < -0.39 is 21.7 Å². The van der Waals surface area contributed by atoms with E-state index in [1.807, 2.05) is 24.3 Å². The summed E-state index contributed by atoms with van der Waals surface area (Å²) in [5.74, 6) is -0.286.